The van der Waals surface area contributed by atoms with Crippen LogP contribution in [-0.4, -0.2) is 59.1 Å². The Hall–Kier alpha value is -2.38. The van der Waals surface area contributed by atoms with Crippen LogP contribution in [0.15, 0.2) is 36.0 Å². The molecule has 7 nitrogen and oxygen atoms in total. The van der Waals surface area contributed by atoms with Crippen molar-refractivity contribution in [2.24, 2.45) is 0 Å². The molecular formula is C24H38N4O3. The van der Waals surface area contributed by atoms with Crippen molar-refractivity contribution < 1.29 is 14.7 Å². The smallest absolute Gasteiger partial charge is 0.271 e. The van der Waals surface area contributed by atoms with Gasteiger partial charge < -0.3 is 15.3 Å². The van der Waals surface area contributed by atoms with E-state index in [4.69, 9.17) is 5.11 Å². The molecule has 7 heteroatoms. The molecule has 2 atom stereocenters. The van der Waals surface area contributed by atoms with Gasteiger partial charge in [0.2, 0.25) is 5.91 Å². The van der Waals surface area contributed by atoms with Crippen LogP contribution in [0.25, 0.3) is 0 Å². The van der Waals surface area contributed by atoms with Gasteiger partial charge in [-0.1, -0.05) is 69.9 Å². The molecule has 1 aromatic carbocycles. The molecule has 2 heterocycles. The van der Waals surface area contributed by atoms with Gasteiger partial charge in [0.1, 0.15) is 5.70 Å². The van der Waals surface area contributed by atoms with E-state index in [1.54, 1.807) is 4.90 Å². The maximum atomic E-state index is 13.1. The van der Waals surface area contributed by atoms with Gasteiger partial charge in [0.25, 0.3) is 5.91 Å². The highest BCUT2D eigenvalue weighted by atomic mass is 16.3. The first-order valence-electron chi connectivity index (χ1n) is 11.5. The lowest BCUT2D eigenvalue weighted by Gasteiger charge is -2.41. The Morgan fingerprint density at radius 2 is 1.94 bits per heavy atom. The maximum absolute atomic E-state index is 13.1. The largest absolute Gasteiger partial charge is 0.395 e. The Balaban J connectivity index is 0.00000166. The number of rotatable bonds is 9. The molecule has 0 radical (unpaired) electrons. The molecule has 0 aromatic heterocycles. The molecule has 0 saturated carbocycles. The molecule has 3 N–H and O–H groups in total. The summed E-state index contributed by atoms with van der Waals surface area (Å²) in [4.78, 5) is 26.8. The lowest BCUT2D eigenvalue weighted by atomic mass is 10.0. The second-order valence-corrected chi connectivity index (χ2v) is 7.85. The molecule has 2 aliphatic rings. The summed E-state index contributed by atoms with van der Waals surface area (Å²) in [6.45, 7) is 8.85. The Morgan fingerprint density at radius 1 is 1.23 bits per heavy atom. The van der Waals surface area contributed by atoms with Gasteiger partial charge in [-0.2, -0.15) is 0 Å². The van der Waals surface area contributed by atoms with Crippen LogP contribution in [-0.2, 0) is 9.59 Å². The van der Waals surface area contributed by atoms with E-state index >= 15 is 0 Å². The Morgan fingerprint density at radius 3 is 2.58 bits per heavy atom. The zero-order chi connectivity index (χ0) is 22.8. The van der Waals surface area contributed by atoms with Gasteiger partial charge >= 0.3 is 0 Å². The molecule has 172 valence electrons. The fourth-order valence-electron chi connectivity index (χ4n) is 3.91. The number of nitrogens with zero attached hydrogens (tertiary/aromatic N) is 2. The minimum atomic E-state index is -0.241. The van der Waals surface area contributed by atoms with Gasteiger partial charge in [0.15, 0.2) is 0 Å². The molecule has 0 spiro atoms. The number of carbonyl (C=O) groups is 2. The number of piperazine rings is 1. The number of carbonyl (C=O) groups excluding carboxylic acids is 2. The standard InChI is InChI=1S/C22H32N4O3.C2H6/c1-3-4-5-6-18-14-25(15-21(28)23-11-12-27)22(29)20-13-19(24-26(18)20)17-9-7-16(2)8-10-17;1-2/h7-10,13,18-19,24,27H,3-6,11-12,14-15H2,1-2H3,(H,23,28);1-2H3. The van der Waals surface area contributed by atoms with E-state index in [0.29, 0.717) is 12.2 Å². The fourth-order valence-corrected chi connectivity index (χ4v) is 3.91. The van der Waals surface area contributed by atoms with Crippen LogP contribution in [0.2, 0.25) is 0 Å². The number of benzene rings is 1. The lowest BCUT2D eigenvalue weighted by Crippen LogP contribution is -2.58. The first-order valence-corrected chi connectivity index (χ1v) is 11.5. The Bertz CT molecular complexity index is 748. The highest BCUT2D eigenvalue weighted by Crippen LogP contribution is 2.32. The molecule has 31 heavy (non-hydrogen) atoms. The average Bonchev–Trinajstić information content (AvgIpc) is 3.23. The Kier molecular flexibility index (Phi) is 10.0. The van der Waals surface area contributed by atoms with E-state index in [9.17, 15) is 9.59 Å². The van der Waals surface area contributed by atoms with Crippen LogP contribution in [0.3, 0.4) is 0 Å². The second-order valence-electron chi connectivity index (χ2n) is 7.85. The zero-order valence-corrected chi connectivity index (χ0v) is 19.4. The summed E-state index contributed by atoms with van der Waals surface area (Å²) in [5, 5.41) is 13.5. The van der Waals surface area contributed by atoms with E-state index in [1.807, 2.05) is 24.9 Å². The number of nitrogens with one attached hydrogen (secondary N) is 2. The Labute approximate surface area is 186 Å². The van der Waals surface area contributed by atoms with E-state index in [0.717, 1.165) is 31.2 Å². The van der Waals surface area contributed by atoms with Gasteiger partial charge in [-0.05, 0) is 25.0 Å². The fraction of sp³-hybridized carbons (Fsp3) is 0.583. The molecule has 1 aromatic rings. The third-order valence-electron chi connectivity index (χ3n) is 5.51. The first-order chi connectivity index (χ1) is 15.0. The molecule has 2 unspecified atom stereocenters. The highest BCUT2D eigenvalue weighted by molar-refractivity contribution is 5.96. The summed E-state index contributed by atoms with van der Waals surface area (Å²) in [7, 11) is 0. The van der Waals surface area contributed by atoms with Crippen molar-refractivity contribution in [3.8, 4) is 0 Å². The monoisotopic (exact) mass is 430 g/mol. The molecule has 2 aliphatic heterocycles. The molecule has 2 amide bonds. The number of fused-ring (bicyclic) bond motifs is 1. The molecule has 1 fully saturated rings. The van der Waals surface area contributed by atoms with Crippen molar-refractivity contribution in [3.63, 3.8) is 0 Å². The summed E-state index contributed by atoms with van der Waals surface area (Å²) in [5.74, 6) is -0.368. The molecular weight excluding hydrogens is 392 g/mol. The summed E-state index contributed by atoms with van der Waals surface area (Å²) < 4.78 is 0. The molecule has 0 bridgehead atoms. The van der Waals surface area contributed by atoms with Crippen LogP contribution in [0.4, 0.5) is 0 Å². The number of unbranched alkanes of at least 4 members (excludes halogenated alkanes) is 2. The summed E-state index contributed by atoms with van der Waals surface area (Å²) in [6.07, 6.45) is 6.30. The lowest BCUT2D eigenvalue weighted by molar-refractivity contribution is -0.139. The van der Waals surface area contributed by atoms with Gasteiger partial charge in [-0.25, -0.2) is 5.43 Å². The third-order valence-corrected chi connectivity index (χ3v) is 5.51. The molecule has 0 aliphatic carbocycles. The van der Waals surface area contributed by atoms with Crippen LogP contribution in [0.1, 0.15) is 63.6 Å². The summed E-state index contributed by atoms with van der Waals surface area (Å²) in [6, 6.07) is 8.40. The zero-order valence-electron chi connectivity index (χ0n) is 19.4. The van der Waals surface area contributed by atoms with Crippen molar-refractivity contribution in [3.05, 3.63) is 47.2 Å². The minimum Gasteiger partial charge on any atom is -0.395 e. The van der Waals surface area contributed by atoms with Crippen molar-refractivity contribution in [2.75, 3.05) is 26.2 Å². The van der Waals surface area contributed by atoms with Crippen molar-refractivity contribution >= 4 is 11.8 Å². The van der Waals surface area contributed by atoms with Crippen molar-refractivity contribution in [2.45, 2.75) is 65.5 Å². The summed E-state index contributed by atoms with van der Waals surface area (Å²) >= 11 is 0. The quantitative estimate of drug-likeness (QED) is 0.525. The molecule has 1 saturated heterocycles. The van der Waals surface area contributed by atoms with Gasteiger partial charge in [-0.3, -0.25) is 14.6 Å². The van der Waals surface area contributed by atoms with Gasteiger partial charge in [0, 0.05) is 13.1 Å². The number of hydrogen-bond donors (Lipinski definition) is 3. The predicted molar refractivity (Wildman–Crippen MR) is 123 cm³/mol. The number of aliphatic hydroxyl groups excluding tert-OH is 1. The number of hydrogen-bond acceptors (Lipinski definition) is 5. The number of hydrazine groups is 1. The van der Waals surface area contributed by atoms with E-state index < -0.39 is 0 Å². The van der Waals surface area contributed by atoms with Crippen LogP contribution in [0, 0.1) is 6.92 Å². The van der Waals surface area contributed by atoms with Crippen molar-refractivity contribution in [1.29, 1.82) is 0 Å². The van der Waals surface area contributed by atoms with E-state index in [2.05, 4.69) is 48.9 Å². The van der Waals surface area contributed by atoms with Gasteiger partial charge in [0.05, 0.1) is 25.2 Å². The SMILES string of the molecule is CC.CCCCCC1CN(CC(=O)NCCO)C(=O)C2=CC(c3ccc(C)cc3)NN21. The highest BCUT2D eigenvalue weighted by Gasteiger charge is 2.41. The van der Waals surface area contributed by atoms with Crippen LogP contribution >= 0.6 is 0 Å². The first kappa shape index (κ1) is 24.9. The van der Waals surface area contributed by atoms with E-state index in [1.165, 1.54) is 5.56 Å². The number of aryl methyl sites for hydroxylation is 1. The topological polar surface area (TPSA) is 84.9 Å². The van der Waals surface area contributed by atoms with Crippen LogP contribution < -0.4 is 10.7 Å². The normalized spacial score (nSPS) is 20.0. The number of aliphatic hydroxyl groups is 1. The predicted octanol–water partition coefficient (Wildman–Crippen LogP) is 2.67. The average molecular weight is 431 g/mol. The molecule has 3 rings (SSSR count). The van der Waals surface area contributed by atoms with Crippen molar-refractivity contribution in [1.82, 2.24) is 20.7 Å². The number of amides is 2. The third kappa shape index (κ3) is 6.55. The second kappa shape index (κ2) is 12.5. The maximum Gasteiger partial charge on any atom is 0.271 e. The van der Waals surface area contributed by atoms with Gasteiger partial charge in [-0.15, -0.1) is 0 Å². The minimum absolute atomic E-state index is 0.0174. The van der Waals surface area contributed by atoms with E-state index in [-0.39, 0.29) is 43.6 Å². The van der Waals surface area contributed by atoms with Crippen LogP contribution in [0.5, 0.6) is 0 Å². The summed E-state index contributed by atoms with van der Waals surface area (Å²) in [5.41, 5.74) is 6.44.